The van der Waals surface area contributed by atoms with E-state index in [1.54, 1.807) is 0 Å². The van der Waals surface area contributed by atoms with Gasteiger partial charge in [0.1, 0.15) is 0 Å². The fraction of sp³-hybridized carbons (Fsp3) is 0.471. The average Bonchev–Trinajstić information content (AvgIpc) is 2.69. The lowest BCUT2D eigenvalue weighted by molar-refractivity contribution is 0.656. The van der Waals surface area contributed by atoms with Crippen molar-refractivity contribution in [3.05, 3.63) is 52.3 Å². The van der Waals surface area contributed by atoms with Crippen LogP contribution in [0, 0.1) is 20.8 Å². The summed E-state index contributed by atoms with van der Waals surface area (Å²) in [6.45, 7) is 11.4. The highest BCUT2D eigenvalue weighted by Gasteiger charge is 2.07. The molecule has 0 amide bonds. The molecule has 20 heavy (non-hydrogen) atoms. The Morgan fingerprint density at radius 2 is 1.70 bits per heavy atom. The highest BCUT2D eigenvalue weighted by Crippen LogP contribution is 2.13. The molecule has 1 N–H and O–H groups in total. The van der Waals surface area contributed by atoms with Crippen molar-refractivity contribution in [2.45, 2.75) is 47.2 Å². The molecule has 3 heteroatoms. The van der Waals surface area contributed by atoms with Gasteiger partial charge in [0.2, 0.25) is 0 Å². The van der Waals surface area contributed by atoms with E-state index in [9.17, 15) is 0 Å². The molecule has 0 saturated carbocycles. The Morgan fingerprint density at radius 1 is 1.05 bits per heavy atom. The van der Waals surface area contributed by atoms with E-state index in [1.165, 1.54) is 28.8 Å². The number of aryl methyl sites for hydroxylation is 1. The van der Waals surface area contributed by atoms with Gasteiger partial charge in [0.05, 0.1) is 12.2 Å². The van der Waals surface area contributed by atoms with Crippen molar-refractivity contribution < 1.29 is 0 Å². The third-order valence-corrected chi connectivity index (χ3v) is 3.85. The van der Waals surface area contributed by atoms with E-state index in [0.29, 0.717) is 0 Å². The normalized spacial score (nSPS) is 11.0. The summed E-state index contributed by atoms with van der Waals surface area (Å²) in [6, 6.07) is 8.82. The number of rotatable bonds is 6. The lowest BCUT2D eigenvalue weighted by atomic mass is 10.1. The summed E-state index contributed by atoms with van der Waals surface area (Å²) in [5, 5.41) is 8.02. The molecule has 0 spiro atoms. The van der Waals surface area contributed by atoms with Gasteiger partial charge in [-0.3, -0.25) is 4.68 Å². The molecule has 2 rings (SSSR count). The fourth-order valence-corrected chi connectivity index (χ4v) is 2.29. The van der Waals surface area contributed by atoms with Gasteiger partial charge in [-0.25, -0.2) is 0 Å². The minimum Gasteiger partial charge on any atom is -0.313 e. The second kappa shape index (κ2) is 6.71. The van der Waals surface area contributed by atoms with Crippen molar-refractivity contribution in [1.29, 1.82) is 0 Å². The lowest BCUT2D eigenvalue weighted by Gasteiger charge is -2.07. The molecule has 0 bridgehead atoms. The number of nitrogens with zero attached hydrogens (tertiary/aromatic N) is 2. The van der Waals surface area contributed by atoms with Gasteiger partial charge in [-0.05, 0) is 50.4 Å². The minimum atomic E-state index is 0.850. The summed E-state index contributed by atoms with van der Waals surface area (Å²) in [7, 11) is 0. The van der Waals surface area contributed by atoms with Crippen molar-refractivity contribution >= 4 is 0 Å². The SMILES string of the molecule is CCCNCc1ccc(Cn2nc(C)c(C)c2C)cc1. The van der Waals surface area contributed by atoms with E-state index in [0.717, 1.165) is 25.3 Å². The standard InChI is InChI=1S/C17H25N3/c1-5-10-18-11-16-6-8-17(9-7-16)12-20-15(4)13(2)14(3)19-20/h6-9,18H,5,10-12H2,1-4H3. The van der Waals surface area contributed by atoms with Gasteiger partial charge >= 0.3 is 0 Å². The molecule has 1 aromatic carbocycles. The van der Waals surface area contributed by atoms with Gasteiger partial charge in [-0.2, -0.15) is 5.10 Å². The van der Waals surface area contributed by atoms with Crippen LogP contribution in [0.1, 0.15) is 41.4 Å². The minimum absolute atomic E-state index is 0.850. The number of benzene rings is 1. The summed E-state index contributed by atoms with van der Waals surface area (Å²) in [5.74, 6) is 0. The van der Waals surface area contributed by atoms with Crippen LogP contribution in [0.3, 0.4) is 0 Å². The first-order valence-electron chi connectivity index (χ1n) is 7.41. The molecule has 1 aromatic heterocycles. The summed E-state index contributed by atoms with van der Waals surface area (Å²) in [6.07, 6.45) is 1.18. The van der Waals surface area contributed by atoms with Crippen molar-refractivity contribution in [2.24, 2.45) is 0 Å². The van der Waals surface area contributed by atoms with Gasteiger partial charge < -0.3 is 5.32 Å². The lowest BCUT2D eigenvalue weighted by Crippen LogP contribution is -2.13. The van der Waals surface area contributed by atoms with Gasteiger partial charge in [-0.1, -0.05) is 31.2 Å². The molecule has 0 saturated heterocycles. The van der Waals surface area contributed by atoms with Gasteiger partial charge in [0.15, 0.2) is 0 Å². The Bertz CT molecular complexity index is 552. The highest BCUT2D eigenvalue weighted by atomic mass is 15.3. The predicted molar refractivity (Wildman–Crippen MR) is 84.0 cm³/mol. The summed E-state index contributed by atoms with van der Waals surface area (Å²) >= 11 is 0. The molecule has 0 radical (unpaired) electrons. The Hall–Kier alpha value is -1.61. The molecule has 0 unspecified atom stereocenters. The topological polar surface area (TPSA) is 29.9 Å². The summed E-state index contributed by atoms with van der Waals surface area (Å²) in [4.78, 5) is 0. The van der Waals surface area contributed by atoms with Crippen LogP contribution in [-0.2, 0) is 13.1 Å². The molecule has 0 fully saturated rings. The van der Waals surface area contributed by atoms with Crippen molar-refractivity contribution in [3.63, 3.8) is 0 Å². The number of nitrogens with one attached hydrogen (secondary N) is 1. The maximum absolute atomic E-state index is 4.59. The highest BCUT2D eigenvalue weighted by molar-refractivity contribution is 5.26. The second-order valence-electron chi connectivity index (χ2n) is 5.45. The van der Waals surface area contributed by atoms with Crippen LogP contribution in [0.5, 0.6) is 0 Å². The molecule has 1 heterocycles. The molecule has 0 aliphatic heterocycles. The average molecular weight is 271 g/mol. The first-order chi connectivity index (χ1) is 9.61. The molecule has 3 nitrogen and oxygen atoms in total. The van der Waals surface area contributed by atoms with E-state index in [1.807, 2.05) is 0 Å². The monoisotopic (exact) mass is 271 g/mol. The Labute approximate surface area is 122 Å². The van der Waals surface area contributed by atoms with Crippen LogP contribution in [0.25, 0.3) is 0 Å². The zero-order valence-electron chi connectivity index (χ0n) is 13.0. The van der Waals surface area contributed by atoms with Crippen LogP contribution in [-0.4, -0.2) is 16.3 Å². The first kappa shape index (κ1) is 14.8. The van der Waals surface area contributed by atoms with Gasteiger partial charge in [0, 0.05) is 12.2 Å². The molecular formula is C17H25N3. The molecule has 2 aromatic rings. The van der Waals surface area contributed by atoms with Crippen molar-refractivity contribution in [2.75, 3.05) is 6.54 Å². The van der Waals surface area contributed by atoms with E-state index in [4.69, 9.17) is 0 Å². The molecule has 0 aliphatic carbocycles. The third kappa shape index (κ3) is 3.48. The fourth-order valence-electron chi connectivity index (χ4n) is 2.29. The predicted octanol–water partition coefficient (Wildman–Crippen LogP) is 3.36. The van der Waals surface area contributed by atoms with Crippen LogP contribution in [0.2, 0.25) is 0 Å². The van der Waals surface area contributed by atoms with Crippen LogP contribution in [0.15, 0.2) is 24.3 Å². The quantitative estimate of drug-likeness (QED) is 0.817. The summed E-state index contributed by atoms with van der Waals surface area (Å²) < 4.78 is 2.09. The molecule has 0 aliphatic rings. The number of hydrogen-bond donors (Lipinski definition) is 1. The maximum Gasteiger partial charge on any atom is 0.0662 e. The molecule has 108 valence electrons. The molecular weight excluding hydrogens is 246 g/mol. The number of hydrogen-bond acceptors (Lipinski definition) is 2. The second-order valence-corrected chi connectivity index (χ2v) is 5.45. The van der Waals surface area contributed by atoms with Crippen molar-refractivity contribution in [1.82, 2.24) is 15.1 Å². The van der Waals surface area contributed by atoms with Gasteiger partial charge in [-0.15, -0.1) is 0 Å². The number of aromatic nitrogens is 2. The van der Waals surface area contributed by atoms with Crippen molar-refractivity contribution in [3.8, 4) is 0 Å². The Balaban J connectivity index is 2.01. The van der Waals surface area contributed by atoms with Crippen LogP contribution >= 0.6 is 0 Å². The smallest absolute Gasteiger partial charge is 0.0662 e. The third-order valence-electron chi connectivity index (χ3n) is 3.85. The largest absolute Gasteiger partial charge is 0.313 e. The zero-order valence-corrected chi connectivity index (χ0v) is 13.0. The Morgan fingerprint density at radius 3 is 2.25 bits per heavy atom. The van der Waals surface area contributed by atoms with Gasteiger partial charge in [0.25, 0.3) is 0 Å². The van der Waals surface area contributed by atoms with E-state index >= 15 is 0 Å². The first-order valence-corrected chi connectivity index (χ1v) is 7.41. The molecule has 0 atom stereocenters. The van der Waals surface area contributed by atoms with Crippen LogP contribution in [0.4, 0.5) is 0 Å². The maximum atomic E-state index is 4.59. The van der Waals surface area contributed by atoms with Crippen LogP contribution < -0.4 is 5.32 Å². The van der Waals surface area contributed by atoms with E-state index in [2.05, 4.69) is 67.1 Å². The summed E-state index contributed by atoms with van der Waals surface area (Å²) in [5.41, 5.74) is 6.33. The zero-order chi connectivity index (χ0) is 14.5. The van der Waals surface area contributed by atoms with E-state index in [-0.39, 0.29) is 0 Å². The Kier molecular flexibility index (Phi) is 4.96. The van der Waals surface area contributed by atoms with E-state index < -0.39 is 0 Å².